The van der Waals surface area contributed by atoms with Crippen molar-refractivity contribution in [2.45, 2.75) is 13.8 Å². The van der Waals surface area contributed by atoms with Crippen LogP contribution in [0, 0.1) is 23.7 Å². The molecule has 0 N–H and O–H groups in total. The largest absolute Gasteiger partial charge is 0.465 e. The van der Waals surface area contributed by atoms with Crippen LogP contribution < -0.4 is 4.90 Å². The molecule has 1 aliphatic heterocycles. The topological polar surface area (TPSA) is 63.7 Å². The Balaban J connectivity index is 1.68. The maximum absolute atomic E-state index is 13.0. The fraction of sp³-hybridized carbons (Fsp3) is 0.350. The van der Waals surface area contributed by atoms with E-state index in [1.165, 1.54) is 23.2 Å². The molecule has 2 amide bonds. The number of carbonyl (C=O) groups is 3. The Morgan fingerprint density at radius 3 is 1.92 bits per heavy atom. The number of fused-ring (bicyclic) bond motifs is 5. The second-order valence-corrected chi connectivity index (χ2v) is 6.99. The first kappa shape index (κ1) is 15.8. The van der Waals surface area contributed by atoms with E-state index in [2.05, 4.69) is 16.9 Å². The first-order chi connectivity index (χ1) is 12.0. The minimum absolute atomic E-state index is 0.0378. The van der Waals surface area contributed by atoms with E-state index < -0.39 is 5.97 Å². The van der Waals surface area contributed by atoms with Crippen molar-refractivity contribution in [1.82, 2.24) is 0 Å². The predicted molar refractivity (Wildman–Crippen MR) is 91.7 cm³/mol. The molecule has 3 aliphatic rings. The third kappa shape index (κ3) is 2.05. The molecule has 1 saturated carbocycles. The summed E-state index contributed by atoms with van der Waals surface area (Å²) in [6.45, 7) is 4.09. The van der Waals surface area contributed by atoms with Crippen molar-refractivity contribution >= 4 is 23.5 Å². The van der Waals surface area contributed by atoms with Crippen LogP contribution >= 0.6 is 0 Å². The van der Waals surface area contributed by atoms with E-state index in [9.17, 15) is 14.4 Å². The lowest BCUT2D eigenvalue weighted by Crippen LogP contribution is -2.33. The Hall–Kier alpha value is -2.69. The van der Waals surface area contributed by atoms with Gasteiger partial charge in [-0.1, -0.05) is 23.3 Å². The van der Waals surface area contributed by atoms with Crippen LogP contribution in [0.2, 0.25) is 0 Å². The van der Waals surface area contributed by atoms with Crippen molar-refractivity contribution in [3.63, 3.8) is 0 Å². The fourth-order valence-corrected chi connectivity index (χ4v) is 4.55. The second-order valence-electron chi connectivity index (χ2n) is 6.99. The minimum atomic E-state index is -0.446. The third-order valence-corrected chi connectivity index (χ3v) is 5.54. The number of amides is 2. The molecule has 4 rings (SSSR count). The maximum atomic E-state index is 13.0. The number of nitrogens with zero attached hydrogens (tertiary/aromatic N) is 1. The summed E-state index contributed by atoms with van der Waals surface area (Å²) in [5.74, 6) is -1.25. The zero-order chi connectivity index (χ0) is 17.9. The molecule has 4 atom stereocenters. The van der Waals surface area contributed by atoms with Crippen LogP contribution in [-0.4, -0.2) is 24.9 Å². The second kappa shape index (κ2) is 5.41. The molecule has 1 aromatic carbocycles. The van der Waals surface area contributed by atoms with Crippen molar-refractivity contribution in [3.8, 4) is 0 Å². The highest BCUT2D eigenvalue weighted by molar-refractivity contribution is 6.23. The average molecular weight is 337 g/mol. The number of allylic oxidation sites excluding steroid dienone is 4. The van der Waals surface area contributed by atoms with Gasteiger partial charge in [-0.2, -0.15) is 0 Å². The number of hydrogen-bond donors (Lipinski definition) is 0. The molecule has 0 unspecified atom stereocenters. The Morgan fingerprint density at radius 2 is 1.48 bits per heavy atom. The van der Waals surface area contributed by atoms with Crippen LogP contribution in [-0.2, 0) is 14.3 Å². The number of carbonyl (C=O) groups excluding carboxylic acids is 3. The minimum Gasteiger partial charge on any atom is -0.465 e. The zero-order valence-electron chi connectivity index (χ0n) is 14.4. The standard InChI is InChI=1S/C20H19NO4/c1-10(2)15-13-8-9-14(15)17-16(13)18(22)21(19(17)23)12-6-4-11(5-7-12)20(24)25-3/h4-9,13-14,16-17H,1-3H3/t13-,14-,16-,17+/m0/s1. The number of esters is 1. The maximum Gasteiger partial charge on any atom is 0.337 e. The molecule has 0 aromatic heterocycles. The molecular weight excluding hydrogens is 318 g/mol. The number of rotatable bonds is 2. The highest BCUT2D eigenvalue weighted by atomic mass is 16.5. The Morgan fingerprint density at radius 1 is 0.960 bits per heavy atom. The van der Waals surface area contributed by atoms with Crippen molar-refractivity contribution in [3.05, 3.63) is 53.1 Å². The first-order valence-corrected chi connectivity index (χ1v) is 8.37. The van der Waals surface area contributed by atoms with Gasteiger partial charge in [0.05, 0.1) is 30.2 Å². The molecule has 1 aromatic rings. The molecule has 128 valence electrons. The van der Waals surface area contributed by atoms with E-state index in [0.717, 1.165) is 0 Å². The molecule has 1 saturated heterocycles. The van der Waals surface area contributed by atoms with Gasteiger partial charge in [-0.25, -0.2) is 9.69 Å². The highest BCUT2D eigenvalue weighted by Crippen LogP contribution is 2.57. The number of benzene rings is 1. The lowest BCUT2D eigenvalue weighted by molar-refractivity contribution is -0.122. The molecule has 25 heavy (non-hydrogen) atoms. The van der Waals surface area contributed by atoms with E-state index in [1.54, 1.807) is 24.3 Å². The number of methoxy groups -OCH3 is 1. The predicted octanol–water partition coefficient (Wildman–Crippen LogP) is 2.73. The van der Waals surface area contributed by atoms with Crippen molar-refractivity contribution in [2.24, 2.45) is 23.7 Å². The van der Waals surface area contributed by atoms with Gasteiger partial charge in [-0.05, 0) is 38.1 Å². The van der Waals surface area contributed by atoms with Gasteiger partial charge in [0.1, 0.15) is 0 Å². The summed E-state index contributed by atoms with van der Waals surface area (Å²) in [4.78, 5) is 38.8. The molecular formula is C20H19NO4. The zero-order valence-corrected chi connectivity index (χ0v) is 14.4. The van der Waals surface area contributed by atoms with Crippen LogP contribution in [0.15, 0.2) is 47.6 Å². The molecule has 2 fully saturated rings. The van der Waals surface area contributed by atoms with Crippen molar-refractivity contribution in [2.75, 3.05) is 12.0 Å². The number of hydrogen-bond acceptors (Lipinski definition) is 4. The van der Waals surface area contributed by atoms with E-state index in [0.29, 0.717) is 11.3 Å². The fourth-order valence-electron chi connectivity index (χ4n) is 4.55. The van der Waals surface area contributed by atoms with Gasteiger partial charge < -0.3 is 4.74 Å². The summed E-state index contributed by atoms with van der Waals surface area (Å²) >= 11 is 0. The first-order valence-electron chi connectivity index (χ1n) is 8.37. The normalized spacial score (nSPS) is 29.4. The molecule has 5 heteroatoms. The van der Waals surface area contributed by atoms with Gasteiger partial charge in [0.2, 0.25) is 11.8 Å². The van der Waals surface area contributed by atoms with Gasteiger partial charge >= 0.3 is 5.97 Å². The van der Waals surface area contributed by atoms with E-state index >= 15 is 0 Å². The summed E-state index contributed by atoms with van der Waals surface area (Å²) < 4.78 is 4.68. The van der Waals surface area contributed by atoms with E-state index in [4.69, 9.17) is 0 Å². The van der Waals surface area contributed by atoms with Crippen LogP contribution in [0.1, 0.15) is 24.2 Å². The van der Waals surface area contributed by atoms with Gasteiger partial charge in [0, 0.05) is 11.8 Å². The molecule has 0 spiro atoms. The summed E-state index contributed by atoms with van der Waals surface area (Å²) in [7, 11) is 1.31. The Labute approximate surface area is 146 Å². The summed E-state index contributed by atoms with van der Waals surface area (Å²) in [6, 6.07) is 6.40. The van der Waals surface area contributed by atoms with Crippen molar-refractivity contribution < 1.29 is 19.1 Å². The number of imide groups is 1. The number of anilines is 1. The third-order valence-electron chi connectivity index (χ3n) is 5.54. The van der Waals surface area contributed by atoms with Crippen LogP contribution in [0.5, 0.6) is 0 Å². The highest BCUT2D eigenvalue weighted by Gasteiger charge is 2.61. The van der Waals surface area contributed by atoms with Gasteiger partial charge in [-0.15, -0.1) is 0 Å². The van der Waals surface area contributed by atoms with Crippen LogP contribution in [0.3, 0.4) is 0 Å². The lowest BCUT2D eigenvalue weighted by Gasteiger charge is -2.19. The quantitative estimate of drug-likeness (QED) is 0.473. The lowest BCUT2D eigenvalue weighted by atomic mass is 9.85. The number of ether oxygens (including phenoxy) is 1. The molecule has 2 aliphatic carbocycles. The monoisotopic (exact) mass is 337 g/mol. The molecule has 1 heterocycles. The summed E-state index contributed by atoms with van der Waals surface area (Å²) in [6.07, 6.45) is 4.15. The average Bonchev–Trinajstić information content (AvgIpc) is 3.24. The van der Waals surface area contributed by atoms with Crippen molar-refractivity contribution in [1.29, 1.82) is 0 Å². The van der Waals surface area contributed by atoms with Crippen LogP contribution in [0.4, 0.5) is 5.69 Å². The Bertz CT molecular complexity index is 811. The Kier molecular flexibility index (Phi) is 3.42. The van der Waals surface area contributed by atoms with Gasteiger partial charge in [-0.3, -0.25) is 9.59 Å². The molecule has 5 nitrogen and oxygen atoms in total. The molecule has 2 bridgehead atoms. The van der Waals surface area contributed by atoms with Gasteiger partial charge in [0.25, 0.3) is 0 Å². The summed E-state index contributed by atoms with van der Waals surface area (Å²) in [5, 5.41) is 0. The van der Waals surface area contributed by atoms with Gasteiger partial charge in [0.15, 0.2) is 0 Å². The van der Waals surface area contributed by atoms with E-state index in [1.807, 2.05) is 13.8 Å². The molecule has 0 radical (unpaired) electrons. The summed E-state index contributed by atoms with van der Waals surface area (Å²) in [5.41, 5.74) is 3.33. The van der Waals surface area contributed by atoms with E-state index in [-0.39, 0.29) is 35.5 Å². The smallest absolute Gasteiger partial charge is 0.337 e. The van der Waals surface area contributed by atoms with Crippen LogP contribution in [0.25, 0.3) is 0 Å². The SMILES string of the molecule is COC(=O)c1ccc(N2C(=O)[C@@H]3[C@H](C2=O)[C@H]2C=C[C@H]3C2=C(C)C)cc1.